The predicted molar refractivity (Wildman–Crippen MR) is 78.3 cm³/mol. The van der Waals surface area contributed by atoms with Crippen LogP contribution in [0.5, 0.6) is 0 Å². The van der Waals surface area contributed by atoms with Gasteiger partial charge in [-0.1, -0.05) is 25.1 Å². The largest absolute Gasteiger partial charge is 0.379 e. The molecular weight excluding hydrogens is 236 g/mol. The minimum atomic E-state index is 0.166. The van der Waals surface area contributed by atoms with Gasteiger partial charge in [0.2, 0.25) is 0 Å². The number of hydrogen-bond donors (Lipinski definition) is 1. The predicted octanol–water partition coefficient (Wildman–Crippen LogP) is 2.43. The normalized spacial score (nSPS) is 19.3. The number of para-hydroxylation sites is 1. The van der Waals surface area contributed by atoms with Gasteiger partial charge < -0.3 is 15.0 Å². The summed E-state index contributed by atoms with van der Waals surface area (Å²) < 4.78 is 7.77. The summed E-state index contributed by atoms with van der Waals surface area (Å²) in [5.74, 6) is 0.530. The Morgan fingerprint density at radius 1 is 1.37 bits per heavy atom. The van der Waals surface area contributed by atoms with Crippen LogP contribution < -0.4 is 5.73 Å². The summed E-state index contributed by atoms with van der Waals surface area (Å²) in [5.41, 5.74) is 8.70. The van der Waals surface area contributed by atoms with E-state index in [1.165, 1.54) is 16.5 Å². The summed E-state index contributed by atoms with van der Waals surface area (Å²) in [7, 11) is 2.12. The maximum Gasteiger partial charge on any atom is 0.0586 e. The topological polar surface area (TPSA) is 40.2 Å². The first-order valence-corrected chi connectivity index (χ1v) is 6.99. The Morgan fingerprint density at radius 2 is 2.11 bits per heavy atom. The zero-order valence-corrected chi connectivity index (χ0v) is 11.7. The summed E-state index contributed by atoms with van der Waals surface area (Å²) in [6.07, 6.45) is 3.38. The molecule has 2 aromatic rings. The SMILES string of the molecule is CC(CN)CC1(c2cn(C)c3ccccc23)COC1. The second-order valence-corrected chi connectivity index (χ2v) is 5.99. The Balaban J connectivity index is 2.07. The molecule has 1 atom stereocenters. The molecule has 2 N–H and O–H groups in total. The van der Waals surface area contributed by atoms with Crippen molar-refractivity contribution in [1.82, 2.24) is 4.57 Å². The second-order valence-electron chi connectivity index (χ2n) is 5.99. The number of aromatic nitrogens is 1. The van der Waals surface area contributed by atoms with Crippen LogP contribution in [0.3, 0.4) is 0 Å². The number of benzene rings is 1. The summed E-state index contributed by atoms with van der Waals surface area (Å²) in [6.45, 7) is 4.62. The van der Waals surface area contributed by atoms with Gasteiger partial charge in [0.1, 0.15) is 0 Å². The monoisotopic (exact) mass is 258 g/mol. The molecule has 19 heavy (non-hydrogen) atoms. The van der Waals surface area contributed by atoms with E-state index in [-0.39, 0.29) is 5.41 Å². The summed E-state index contributed by atoms with van der Waals surface area (Å²) in [6, 6.07) is 8.61. The van der Waals surface area contributed by atoms with Crippen molar-refractivity contribution in [2.24, 2.45) is 18.7 Å². The minimum Gasteiger partial charge on any atom is -0.379 e. The minimum absolute atomic E-state index is 0.166. The third kappa shape index (κ3) is 1.97. The summed E-state index contributed by atoms with van der Waals surface area (Å²) >= 11 is 0. The molecule has 102 valence electrons. The van der Waals surface area contributed by atoms with Crippen LogP contribution in [0.2, 0.25) is 0 Å². The van der Waals surface area contributed by atoms with E-state index in [2.05, 4.69) is 49.0 Å². The molecule has 0 amide bonds. The molecule has 2 heterocycles. The fourth-order valence-corrected chi connectivity index (χ4v) is 3.25. The molecule has 3 rings (SSSR count). The Labute approximate surface area is 114 Å². The quantitative estimate of drug-likeness (QED) is 0.915. The third-order valence-corrected chi connectivity index (χ3v) is 4.37. The van der Waals surface area contributed by atoms with Crippen molar-refractivity contribution in [1.29, 1.82) is 0 Å². The van der Waals surface area contributed by atoms with Crippen LogP contribution in [0.15, 0.2) is 30.5 Å². The molecular formula is C16H22N2O. The lowest BCUT2D eigenvalue weighted by Crippen LogP contribution is -2.48. The van der Waals surface area contributed by atoms with Crippen LogP contribution in [-0.2, 0) is 17.2 Å². The lowest BCUT2D eigenvalue weighted by Gasteiger charge is -2.43. The van der Waals surface area contributed by atoms with Gasteiger partial charge in [-0.05, 0) is 30.5 Å². The Hall–Kier alpha value is -1.32. The first kappa shape index (κ1) is 12.7. The van der Waals surface area contributed by atoms with Gasteiger partial charge in [0.15, 0.2) is 0 Å². The Bertz CT molecular complexity index is 583. The number of aryl methyl sites for hydroxylation is 1. The third-order valence-electron chi connectivity index (χ3n) is 4.37. The molecule has 1 aromatic carbocycles. The molecule has 0 spiro atoms. The standard InChI is InChI=1S/C16H22N2O/c1-12(8-17)7-16(10-19-11-16)14-9-18(2)15-6-4-3-5-13(14)15/h3-6,9,12H,7-8,10-11,17H2,1-2H3. The van der Waals surface area contributed by atoms with Gasteiger partial charge in [0, 0.05) is 29.6 Å². The maximum atomic E-state index is 5.81. The number of ether oxygens (including phenoxy) is 1. The Morgan fingerprint density at radius 3 is 2.74 bits per heavy atom. The number of nitrogens with two attached hydrogens (primary N) is 1. The Kier molecular flexibility index (Phi) is 3.11. The zero-order valence-electron chi connectivity index (χ0n) is 11.7. The molecule has 1 fully saturated rings. The first-order chi connectivity index (χ1) is 9.16. The number of hydrogen-bond acceptors (Lipinski definition) is 2. The van der Waals surface area contributed by atoms with Gasteiger partial charge in [-0.3, -0.25) is 0 Å². The molecule has 1 aliphatic heterocycles. The van der Waals surface area contributed by atoms with Gasteiger partial charge in [0.05, 0.1) is 13.2 Å². The highest BCUT2D eigenvalue weighted by Gasteiger charge is 2.42. The van der Waals surface area contributed by atoms with Crippen molar-refractivity contribution in [2.75, 3.05) is 19.8 Å². The van der Waals surface area contributed by atoms with E-state index in [1.54, 1.807) is 0 Å². The van der Waals surface area contributed by atoms with Crippen molar-refractivity contribution < 1.29 is 4.74 Å². The first-order valence-electron chi connectivity index (χ1n) is 6.99. The number of fused-ring (bicyclic) bond motifs is 1. The van der Waals surface area contributed by atoms with Gasteiger partial charge in [0.25, 0.3) is 0 Å². The molecule has 3 nitrogen and oxygen atoms in total. The number of rotatable bonds is 4. The lowest BCUT2D eigenvalue weighted by molar-refractivity contribution is -0.0695. The van der Waals surface area contributed by atoms with E-state index in [0.717, 1.165) is 26.2 Å². The molecule has 0 radical (unpaired) electrons. The fraction of sp³-hybridized carbons (Fsp3) is 0.500. The van der Waals surface area contributed by atoms with E-state index in [4.69, 9.17) is 10.5 Å². The molecule has 0 aliphatic carbocycles. The van der Waals surface area contributed by atoms with Crippen LogP contribution >= 0.6 is 0 Å². The highest BCUT2D eigenvalue weighted by molar-refractivity contribution is 5.85. The maximum absolute atomic E-state index is 5.81. The van der Waals surface area contributed by atoms with E-state index in [1.807, 2.05) is 0 Å². The van der Waals surface area contributed by atoms with Crippen LogP contribution in [-0.4, -0.2) is 24.3 Å². The summed E-state index contributed by atoms with van der Waals surface area (Å²) in [5, 5.41) is 1.36. The molecule has 1 saturated heterocycles. The van der Waals surface area contributed by atoms with Crippen molar-refractivity contribution in [3.05, 3.63) is 36.0 Å². The molecule has 3 heteroatoms. The van der Waals surface area contributed by atoms with Crippen molar-refractivity contribution >= 4 is 10.9 Å². The van der Waals surface area contributed by atoms with Crippen LogP contribution in [0.1, 0.15) is 18.9 Å². The van der Waals surface area contributed by atoms with E-state index < -0.39 is 0 Å². The molecule has 1 aliphatic rings. The van der Waals surface area contributed by atoms with E-state index >= 15 is 0 Å². The van der Waals surface area contributed by atoms with Crippen molar-refractivity contribution in [2.45, 2.75) is 18.8 Å². The zero-order chi connectivity index (χ0) is 13.5. The smallest absolute Gasteiger partial charge is 0.0586 e. The van der Waals surface area contributed by atoms with Crippen LogP contribution in [0.25, 0.3) is 10.9 Å². The van der Waals surface area contributed by atoms with Gasteiger partial charge in [-0.2, -0.15) is 0 Å². The molecule has 0 bridgehead atoms. The average molecular weight is 258 g/mol. The van der Waals surface area contributed by atoms with E-state index in [9.17, 15) is 0 Å². The van der Waals surface area contributed by atoms with Crippen molar-refractivity contribution in [3.8, 4) is 0 Å². The van der Waals surface area contributed by atoms with Crippen LogP contribution in [0.4, 0.5) is 0 Å². The van der Waals surface area contributed by atoms with Gasteiger partial charge in [-0.15, -0.1) is 0 Å². The second kappa shape index (κ2) is 4.66. The van der Waals surface area contributed by atoms with Crippen molar-refractivity contribution in [3.63, 3.8) is 0 Å². The number of nitrogens with zero attached hydrogens (tertiary/aromatic N) is 1. The lowest BCUT2D eigenvalue weighted by atomic mass is 9.72. The van der Waals surface area contributed by atoms with Gasteiger partial charge in [-0.25, -0.2) is 0 Å². The van der Waals surface area contributed by atoms with Gasteiger partial charge >= 0.3 is 0 Å². The van der Waals surface area contributed by atoms with E-state index in [0.29, 0.717) is 5.92 Å². The highest BCUT2D eigenvalue weighted by Crippen LogP contribution is 2.42. The molecule has 1 aromatic heterocycles. The van der Waals surface area contributed by atoms with Crippen LogP contribution in [0, 0.1) is 5.92 Å². The fourth-order valence-electron chi connectivity index (χ4n) is 3.25. The highest BCUT2D eigenvalue weighted by atomic mass is 16.5. The molecule has 1 unspecified atom stereocenters. The molecule has 0 saturated carbocycles. The average Bonchev–Trinajstić information content (AvgIpc) is 2.72. The summed E-state index contributed by atoms with van der Waals surface area (Å²) in [4.78, 5) is 0.